The lowest BCUT2D eigenvalue weighted by atomic mass is 9.79. The number of fused-ring (bicyclic) bond motifs is 2. The molecule has 0 saturated carbocycles. The van der Waals surface area contributed by atoms with E-state index in [-0.39, 0.29) is 17.9 Å². The summed E-state index contributed by atoms with van der Waals surface area (Å²) in [4.78, 5) is 14.1. The summed E-state index contributed by atoms with van der Waals surface area (Å²) in [7, 11) is 0. The molecule has 3 atom stereocenters. The van der Waals surface area contributed by atoms with Gasteiger partial charge in [-0.05, 0) is 31.6 Å². The van der Waals surface area contributed by atoms with Gasteiger partial charge in [-0.2, -0.15) is 0 Å². The maximum atomic E-state index is 11.7. The van der Waals surface area contributed by atoms with Crippen molar-refractivity contribution in [1.29, 1.82) is 0 Å². The summed E-state index contributed by atoms with van der Waals surface area (Å²) in [6.07, 6.45) is 5.64. The van der Waals surface area contributed by atoms with E-state index in [0.717, 1.165) is 12.8 Å². The molecule has 2 heterocycles. The predicted octanol–water partition coefficient (Wildman–Crippen LogP) is 0.841. The summed E-state index contributed by atoms with van der Waals surface area (Å²) in [6.45, 7) is 4.17. The molecule has 4 heteroatoms. The highest BCUT2D eigenvalue weighted by molar-refractivity contribution is 5.80. The smallest absolute Gasteiger partial charge is 0.235 e. The Kier molecular flexibility index (Phi) is 3.73. The number of nitrogens with zero attached hydrogens (tertiary/aromatic N) is 1. The van der Waals surface area contributed by atoms with Crippen LogP contribution in [0.1, 0.15) is 46.0 Å². The van der Waals surface area contributed by atoms with Gasteiger partial charge in [0, 0.05) is 18.1 Å². The van der Waals surface area contributed by atoms with E-state index in [1.54, 1.807) is 0 Å². The van der Waals surface area contributed by atoms with E-state index in [4.69, 9.17) is 11.5 Å². The molecule has 2 aliphatic heterocycles. The molecular weight excluding hydrogens is 214 g/mol. The van der Waals surface area contributed by atoms with E-state index >= 15 is 0 Å². The Morgan fingerprint density at radius 1 is 1.24 bits per heavy atom. The van der Waals surface area contributed by atoms with Crippen molar-refractivity contribution in [1.82, 2.24) is 4.90 Å². The van der Waals surface area contributed by atoms with Crippen LogP contribution in [-0.4, -0.2) is 35.0 Å². The van der Waals surface area contributed by atoms with Crippen LogP contribution < -0.4 is 11.5 Å². The zero-order chi connectivity index (χ0) is 12.6. The van der Waals surface area contributed by atoms with E-state index in [1.807, 2.05) is 0 Å². The fourth-order valence-corrected chi connectivity index (χ4v) is 3.73. The third kappa shape index (κ3) is 2.47. The van der Waals surface area contributed by atoms with Crippen molar-refractivity contribution in [2.45, 2.75) is 70.1 Å². The molecule has 0 aromatic heterocycles. The summed E-state index contributed by atoms with van der Waals surface area (Å²) in [5, 5.41) is 0. The van der Waals surface area contributed by atoms with Crippen LogP contribution >= 0.6 is 0 Å². The molecule has 2 bridgehead atoms. The molecule has 4 nitrogen and oxygen atoms in total. The number of nitrogens with two attached hydrogens (primary N) is 2. The maximum absolute atomic E-state index is 11.7. The van der Waals surface area contributed by atoms with E-state index in [2.05, 4.69) is 18.7 Å². The Bertz CT molecular complexity index is 278. The molecule has 17 heavy (non-hydrogen) atoms. The summed E-state index contributed by atoms with van der Waals surface area (Å²) < 4.78 is 0. The number of primary amides is 1. The van der Waals surface area contributed by atoms with Crippen LogP contribution in [0.4, 0.5) is 0 Å². The minimum absolute atomic E-state index is 0.113. The first-order valence-electron chi connectivity index (χ1n) is 6.83. The van der Waals surface area contributed by atoms with Crippen molar-refractivity contribution in [2.75, 3.05) is 0 Å². The van der Waals surface area contributed by atoms with Gasteiger partial charge in [0.25, 0.3) is 0 Å². The number of carbonyl (C=O) groups excluding carboxylic acids is 1. The number of rotatable bonds is 3. The second-order valence-corrected chi connectivity index (χ2v) is 6.01. The second-order valence-electron chi connectivity index (χ2n) is 6.01. The fourth-order valence-electron chi connectivity index (χ4n) is 3.73. The molecule has 0 radical (unpaired) electrons. The quantitative estimate of drug-likeness (QED) is 0.766. The lowest BCUT2D eigenvalue weighted by Gasteiger charge is -2.51. The molecule has 2 aliphatic rings. The highest BCUT2D eigenvalue weighted by Crippen LogP contribution is 2.36. The lowest BCUT2D eigenvalue weighted by Crippen LogP contribution is -2.63. The molecule has 0 aromatic rings. The van der Waals surface area contributed by atoms with Gasteiger partial charge in [0.2, 0.25) is 5.91 Å². The molecule has 0 spiro atoms. The standard InChI is InChI=1S/C13H25N3O/c1-8(2)12(13(15)17)16-10-4-3-5-11(16)7-9(14)6-10/h8-12H,3-7,14H2,1-2H3,(H2,15,17). The van der Waals surface area contributed by atoms with Crippen molar-refractivity contribution in [2.24, 2.45) is 17.4 Å². The highest BCUT2D eigenvalue weighted by Gasteiger charge is 2.43. The molecule has 1 amide bonds. The molecule has 2 rings (SSSR count). The van der Waals surface area contributed by atoms with Crippen LogP contribution in [0.5, 0.6) is 0 Å². The molecule has 98 valence electrons. The van der Waals surface area contributed by atoms with Crippen molar-refractivity contribution in [3.63, 3.8) is 0 Å². The predicted molar refractivity (Wildman–Crippen MR) is 68.3 cm³/mol. The van der Waals surface area contributed by atoms with Crippen molar-refractivity contribution in [3.05, 3.63) is 0 Å². The third-order valence-electron chi connectivity index (χ3n) is 4.31. The van der Waals surface area contributed by atoms with Gasteiger partial charge < -0.3 is 11.5 Å². The van der Waals surface area contributed by atoms with Gasteiger partial charge in [0.15, 0.2) is 0 Å². The number of piperidine rings is 2. The summed E-state index contributed by atoms with van der Waals surface area (Å²) in [5.41, 5.74) is 11.7. The summed E-state index contributed by atoms with van der Waals surface area (Å²) in [5.74, 6) is 0.109. The number of carbonyl (C=O) groups is 1. The average molecular weight is 239 g/mol. The normalized spacial score (nSPS) is 35.9. The van der Waals surface area contributed by atoms with Crippen LogP contribution in [0.2, 0.25) is 0 Å². The maximum Gasteiger partial charge on any atom is 0.235 e. The van der Waals surface area contributed by atoms with Crippen LogP contribution in [0.25, 0.3) is 0 Å². The summed E-state index contributed by atoms with van der Waals surface area (Å²) >= 11 is 0. The largest absolute Gasteiger partial charge is 0.368 e. The Labute approximate surface area is 104 Å². The number of hydrogen-bond donors (Lipinski definition) is 2. The van der Waals surface area contributed by atoms with Crippen molar-refractivity contribution < 1.29 is 4.79 Å². The molecule has 3 unspecified atom stereocenters. The Morgan fingerprint density at radius 2 is 1.76 bits per heavy atom. The van der Waals surface area contributed by atoms with Gasteiger partial charge in [-0.25, -0.2) is 0 Å². The Hall–Kier alpha value is -0.610. The molecular formula is C13H25N3O. The number of amides is 1. The Balaban J connectivity index is 2.20. The first kappa shape index (κ1) is 12.8. The monoisotopic (exact) mass is 239 g/mol. The first-order valence-corrected chi connectivity index (χ1v) is 6.83. The lowest BCUT2D eigenvalue weighted by molar-refractivity contribution is -0.130. The van der Waals surface area contributed by atoms with E-state index in [0.29, 0.717) is 18.1 Å². The van der Waals surface area contributed by atoms with Crippen LogP contribution in [0, 0.1) is 5.92 Å². The van der Waals surface area contributed by atoms with Crippen LogP contribution in [0.3, 0.4) is 0 Å². The van der Waals surface area contributed by atoms with Gasteiger partial charge in [-0.3, -0.25) is 9.69 Å². The van der Waals surface area contributed by atoms with Crippen LogP contribution in [0.15, 0.2) is 0 Å². The third-order valence-corrected chi connectivity index (χ3v) is 4.31. The molecule has 0 aliphatic carbocycles. The number of hydrogen-bond acceptors (Lipinski definition) is 3. The van der Waals surface area contributed by atoms with Crippen molar-refractivity contribution in [3.8, 4) is 0 Å². The van der Waals surface area contributed by atoms with E-state index < -0.39 is 0 Å². The Morgan fingerprint density at radius 3 is 2.18 bits per heavy atom. The minimum atomic E-state index is -0.174. The minimum Gasteiger partial charge on any atom is -0.368 e. The van der Waals surface area contributed by atoms with Gasteiger partial charge in [0.05, 0.1) is 6.04 Å². The molecule has 2 fully saturated rings. The second kappa shape index (κ2) is 4.94. The van der Waals surface area contributed by atoms with E-state index in [9.17, 15) is 4.79 Å². The molecule has 2 saturated heterocycles. The topological polar surface area (TPSA) is 72.4 Å². The van der Waals surface area contributed by atoms with Crippen molar-refractivity contribution >= 4 is 5.91 Å². The summed E-state index contributed by atoms with van der Waals surface area (Å²) in [6, 6.07) is 1.13. The molecule has 0 aromatic carbocycles. The van der Waals surface area contributed by atoms with Gasteiger partial charge in [-0.15, -0.1) is 0 Å². The van der Waals surface area contributed by atoms with E-state index in [1.165, 1.54) is 19.3 Å². The zero-order valence-electron chi connectivity index (χ0n) is 10.9. The average Bonchev–Trinajstić information content (AvgIpc) is 2.17. The fraction of sp³-hybridized carbons (Fsp3) is 0.923. The first-order chi connectivity index (χ1) is 8.00. The SMILES string of the molecule is CC(C)C(C(N)=O)N1C2CCCC1CC(N)C2. The van der Waals surface area contributed by atoms with Gasteiger partial charge in [-0.1, -0.05) is 20.3 Å². The van der Waals surface area contributed by atoms with Gasteiger partial charge >= 0.3 is 0 Å². The molecule has 4 N–H and O–H groups in total. The highest BCUT2D eigenvalue weighted by atomic mass is 16.1. The van der Waals surface area contributed by atoms with Crippen LogP contribution in [-0.2, 0) is 4.79 Å². The van der Waals surface area contributed by atoms with Gasteiger partial charge in [0.1, 0.15) is 0 Å². The zero-order valence-corrected chi connectivity index (χ0v) is 10.9.